The lowest BCUT2D eigenvalue weighted by atomic mass is 10.1. The molecule has 4 rings (SSSR count). The highest BCUT2D eigenvalue weighted by Gasteiger charge is 2.25. The number of benzene rings is 1. The van der Waals surface area contributed by atoms with Gasteiger partial charge in [-0.15, -0.1) is 11.3 Å². The number of rotatable bonds is 6. The van der Waals surface area contributed by atoms with Crippen LogP contribution in [-0.4, -0.2) is 35.0 Å². The van der Waals surface area contributed by atoms with Gasteiger partial charge in [-0.3, -0.25) is 9.78 Å². The number of hydrogen-bond donors (Lipinski definition) is 0. The van der Waals surface area contributed by atoms with E-state index in [1.807, 2.05) is 65.7 Å². The quantitative estimate of drug-likeness (QED) is 0.597. The number of pyridine rings is 1. The van der Waals surface area contributed by atoms with Gasteiger partial charge in [0.25, 0.3) is 5.91 Å². The van der Waals surface area contributed by atoms with Crippen LogP contribution in [0.5, 0.6) is 0 Å². The van der Waals surface area contributed by atoms with Gasteiger partial charge < -0.3 is 9.64 Å². The lowest BCUT2D eigenvalue weighted by Gasteiger charge is -2.25. The van der Waals surface area contributed by atoms with E-state index in [0.29, 0.717) is 18.7 Å². The van der Waals surface area contributed by atoms with Crippen molar-refractivity contribution in [2.75, 3.05) is 13.2 Å². The summed E-state index contributed by atoms with van der Waals surface area (Å²) in [6.07, 6.45) is 2.21. The Bertz CT molecular complexity index is 919. The number of carbonyl (C=O) groups excluding carboxylic acids is 1. The van der Waals surface area contributed by atoms with Crippen molar-refractivity contribution in [3.05, 3.63) is 76.1 Å². The second kappa shape index (κ2) is 8.67. The molecule has 28 heavy (non-hydrogen) atoms. The van der Waals surface area contributed by atoms with Gasteiger partial charge in [-0.05, 0) is 43.3 Å². The summed E-state index contributed by atoms with van der Waals surface area (Å²) in [5.41, 5.74) is 3.36. The number of hydrogen-bond acceptors (Lipinski definition) is 4. The molecular weight excluding hydrogens is 368 g/mol. The van der Waals surface area contributed by atoms with Crippen LogP contribution in [0.25, 0.3) is 11.3 Å². The smallest absolute Gasteiger partial charge is 0.256 e. The van der Waals surface area contributed by atoms with Crippen molar-refractivity contribution in [2.45, 2.75) is 32.4 Å². The Morgan fingerprint density at radius 3 is 2.71 bits per heavy atom. The van der Waals surface area contributed by atoms with E-state index < -0.39 is 0 Å². The first kappa shape index (κ1) is 18.8. The summed E-state index contributed by atoms with van der Waals surface area (Å²) in [4.78, 5) is 21.2. The van der Waals surface area contributed by atoms with Crippen LogP contribution in [0.1, 0.15) is 33.8 Å². The minimum atomic E-state index is 0.0218. The van der Waals surface area contributed by atoms with Crippen molar-refractivity contribution < 1.29 is 9.53 Å². The normalized spacial score (nSPS) is 16.2. The maximum atomic E-state index is 13.4. The van der Waals surface area contributed by atoms with Gasteiger partial charge in [0.05, 0.1) is 29.6 Å². The van der Waals surface area contributed by atoms with Gasteiger partial charge in [0.1, 0.15) is 0 Å². The number of amides is 1. The number of thiophene rings is 1. The standard InChI is InChI=1S/C23H24N2O2S/c1-17-21(11-12-22(24-17)18-7-3-2-4-8-18)23(26)25(15-19-9-5-13-27-19)16-20-10-6-14-28-20/h2-4,6-8,10-12,14,19H,5,9,13,15-16H2,1H3. The molecule has 0 aliphatic carbocycles. The molecule has 1 atom stereocenters. The summed E-state index contributed by atoms with van der Waals surface area (Å²) in [6, 6.07) is 18.0. The fraction of sp³-hybridized carbons (Fsp3) is 0.304. The van der Waals surface area contributed by atoms with Gasteiger partial charge in [0.2, 0.25) is 0 Å². The Labute approximate surface area is 169 Å². The topological polar surface area (TPSA) is 42.4 Å². The number of nitrogens with zero attached hydrogens (tertiary/aromatic N) is 2. The molecule has 1 aromatic carbocycles. The fourth-order valence-electron chi connectivity index (χ4n) is 3.57. The predicted molar refractivity (Wildman–Crippen MR) is 112 cm³/mol. The van der Waals surface area contributed by atoms with E-state index in [0.717, 1.165) is 36.4 Å². The molecule has 3 heterocycles. The number of ether oxygens (including phenoxy) is 1. The van der Waals surface area contributed by atoms with Crippen LogP contribution >= 0.6 is 11.3 Å². The van der Waals surface area contributed by atoms with Crippen molar-refractivity contribution in [1.82, 2.24) is 9.88 Å². The Morgan fingerprint density at radius 1 is 1.18 bits per heavy atom. The lowest BCUT2D eigenvalue weighted by molar-refractivity contribution is 0.0508. The second-order valence-electron chi connectivity index (χ2n) is 7.10. The van der Waals surface area contributed by atoms with E-state index in [1.165, 1.54) is 4.88 Å². The van der Waals surface area contributed by atoms with E-state index in [4.69, 9.17) is 9.72 Å². The molecular formula is C23H24N2O2S. The van der Waals surface area contributed by atoms with Gasteiger partial charge in [-0.1, -0.05) is 36.4 Å². The van der Waals surface area contributed by atoms with E-state index >= 15 is 0 Å². The van der Waals surface area contributed by atoms with Crippen molar-refractivity contribution in [1.29, 1.82) is 0 Å². The van der Waals surface area contributed by atoms with Crippen LogP contribution in [-0.2, 0) is 11.3 Å². The zero-order chi connectivity index (χ0) is 19.3. The molecule has 5 heteroatoms. The SMILES string of the molecule is Cc1nc(-c2ccccc2)ccc1C(=O)N(Cc1cccs1)CC1CCCO1. The third kappa shape index (κ3) is 4.32. The van der Waals surface area contributed by atoms with Crippen LogP contribution < -0.4 is 0 Å². The molecule has 1 amide bonds. The largest absolute Gasteiger partial charge is 0.376 e. The van der Waals surface area contributed by atoms with E-state index in [2.05, 4.69) is 6.07 Å². The van der Waals surface area contributed by atoms with Crippen molar-refractivity contribution in [3.63, 3.8) is 0 Å². The highest BCUT2D eigenvalue weighted by Crippen LogP contribution is 2.22. The maximum absolute atomic E-state index is 13.4. The first-order chi connectivity index (χ1) is 13.7. The molecule has 1 saturated heterocycles. The average Bonchev–Trinajstić information content (AvgIpc) is 3.42. The van der Waals surface area contributed by atoms with Crippen LogP contribution in [0.15, 0.2) is 60.0 Å². The highest BCUT2D eigenvalue weighted by molar-refractivity contribution is 7.09. The molecule has 0 radical (unpaired) electrons. The summed E-state index contributed by atoms with van der Waals surface area (Å²) < 4.78 is 5.79. The zero-order valence-electron chi connectivity index (χ0n) is 16.0. The van der Waals surface area contributed by atoms with Gasteiger partial charge in [0, 0.05) is 23.6 Å². The van der Waals surface area contributed by atoms with E-state index in [1.54, 1.807) is 11.3 Å². The summed E-state index contributed by atoms with van der Waals surface area (Å²) >= 11 is 1.68. The third-order valence-corrected chi connectivity index (χ3v) is 5.91. The van der Waals surface area contributed by atoms with Crippen molar-refractivity contribution >= 4 is 17.2 Å². The molecule has 1 aliphatic rings. The predicted octanol–water partition coefficient (Wildman–Crippen LogP) is 4.94. The lowest BCUT2D eigenvalue weighted by Crippen LogP contribution is -2.37. The van der Waals surface area contributed by atoms with Crippen LogP contribution in [0.2, 0.25) is 0 Å². The Kier molecular flexibility index (Phi) is 5.84. The molecule has 1 unspecified atom stereocenters. The summed E-state index contributed by atoms with van der Waals surface area (Å²) in [6.45, 7) is 3.93. The minimum Gasteiger partial charge on any atom is -0.376 e. The van der Waals surface area contributed by atoms with Gasteiger partial charge in [-0.25, -0.2) is 0 Å². The Morgan fingerprint density at radius 2 is 2.04 bits per heavy atom. The van der Waals surface area contributed by atoms with Crippen molar-refractivity contribution in [3.8, 4) is 11.3 Å². The second-order valence-corrected chi connectivity index (χ2v) is 8.13. The molecule has 144 valence electrons. The first-order valence-electron chi connectivity index (χ1n) is 9.67. The van der Waals surface area contributed by atoms with Gasteiger partial charge >= 0.3 is 0 Å². The molecule has 1 fully saturated rings. The fourth-order valence-corrected chi connectivity index (χ4v) is 4.29. The monoisotopic (exact) mass is 392 g/mol. The van der Waals surface area contributed by atoms with Crippen molar-refractivity contribution in [2.24, 2.45) is 0 Å². The van der Waals surface area contributed by atoms with Crippen LogP contribution in [0.3, 0.4) is 0 Å². The summed E-state index contributed by atoms with van der Waals surface area (Å²) in [7, 11) is 0. The molecule has 0 N–H and O–H groups in total. The van der Waals surface area contributed by atoms with Gasteiger partial charge in [-0.2, -0.15) is 0 Å². The van der Waals surface area contributed by atoms with Crippen LogP contribution in [0, 0.1) is 6.92 Å². The number of aromatic nitrogens is 1. The van der Waals surface area contributed by atoms with Crippen LogP contribution in [0.4, 0.5) is 0 Å². The number of carbonyl (C=O) groups is 1. The zero-order valence-corrected chi connectivity index (χ0v) is 16.8. The molecule has 1 aliphatic heterocycles. The molecule has 0 bridgehead atoms. The minimum absolute atomic E-state index is 0.0218. The average molecular weight is 393 g/mol. The molecule has 4 nitrogen and oxygen atoms in total. The molecule has 0 spiro atoms. The third-order valence-electron chi connectivity index (χ3n) is 5.05. The summed E-state index contributed by atoms with van der Waals surface area (Å²) in [5.74, 6) is 0.0218. The van der Waals surface area contributed by atoms with E-state index in [9.17, 15) is 4.79 Å². The molecule has 0 saturated carbocycles. The van der Waals surface area contributed by atoms with E-state index in [-0.39, 0.29) is 12.0 Å². The molecule has 2 aromatic heterocycles. The molecule has 3 aromatic rings. The highest BCUT2D eigenvalue weighted by atomic mass is 32.1. The van der Waals surface area contributed by atoms with Gasteiger partial charge in [0.15, 0.2) is 0 Å². The maximum Gasteiger partial charge on any atom is 0.256 e. The first-order valence-corrected chi connectivity index (χ1v) is 10.5. The Hall–Kier alpha value is -2.50. The summed E-state index contributed by atoms with van der Waals surface area (Å²) in [5, 5.41) is 2.05. The Balaban J connectivity index is 1.58. The number of aryl methyl sites for hydroxylation is 1.